The summed E-state index contributed by atoms with van der Waals surface area (Å²) < 4.78 is 10.3. The Morgan fingerprint density at radius 3 is 2.56 bits per heavy atom. The lowest BCUT2D eigenvalue weighted by atomic mass is 10.1. The molecule has 1 unspecified atom stereocenters. The average molecular weight is 367 g/mol. The molecule has 1 atom stereocenters. The smallest absolute Gasteiger partial charge is 0.349 e. The SMILES string of the molecule is COc1cccc2cc(C(=O)NC(Cc3ccccc3)C(=O)O)c(=O)oc12. The van der Waals surface area contributed by atoms with Crippen molar-refractivity contribution in [2.45, 2.75) is 12.5 Å². The molecule has 2 N–H and O–H groups in total. The highest BCUT2D eigenvalue weighted by Crippen LogP contribution is 2.24. The van der Waals surface area contributed by atoms with Gasteiger partial charge in [0.05, 0.1) is 7.11 Å². The molecular formula is C20H17NO6. The first-order valence-corrected chi connectivity index (χ1v) is 8.18. The molecule has 0 aliphatic heterocycles. The fourth-order valence-corrected chi connectivity index (χ4v) is 2.72. The zero-order valence-corrected chi connectivity index (χ0v) is 14.5. The van der Waals surface area contributed by atoms with E-state index in [0.29, 0.717) is 11.1 Å². The number of carboxylic acid groups (broad SMARTS) is 1. The number of hydrogen-bond donors (Lipinski definition) is 2. The summed E-state index contributed by atoms with van der Waals surface area (Å²) >= 11 is 0. The average Bonchev–Trinajstić information content (AvgIpc) is 2.67. The van der Waals surface area contributed by atoms with Crippen LogP contribution in [-0.4, -0.2) is 30.1 Å². The van der Waals surface area contributed by atoms with Crippen molar-refractivity contribution in [2.75, 3.05) is 7.11 Å². The highest BCUT2D eigenvalue weighted by atomic mass is 16.5. The van der Waals surface area contributed by atoms with Crippen LogP contribution in [0.4, 0.5) is 0 Å². The van der Waals surface area contributed by atoms with Crippen molar-refractivity contribution in [1.29, 1.82) is 0 Å². The van der Waals surface area contributed by atoms with Crippen LogP contribution in [0.3, 0.4) is 0 Å². The molecule has 0 aliphatic rings. The molecule has 3 rings (SSSR count). The van der Waals surface area contributed by atoms with Crippen LogP contribution < -0.4 is 15.7 Å². The van der Waals surface area contributed by atoms with E-state index in [1.54, 1.807) is 42.5 Å². The number of nitrogens with one attached hydrogen (secondary N) is 1. The second-order valence-electron chi connectivity index (χ2n) is 5.88. The van der Waals surface area contributed by atoms with Gasteiger partial charge in [0.15, 0.2) is 11.3 Å². The summed E-state index contributed by atoms with van der Waals surface area (Å²) in [6, 6.07) is 14.1. The van der Waals surface area contributed by atoms with Crippen molar-refractivity contribution < 1.29 is 23.8 Å². The molecule has 27 heavy (non-hydrogen) atoms. The quantitative estimate of drug-likeness (QED) is 0.647. The van der Waals surface area contributed by atoms with Gasteiger partial charge in [0.2, 0.25) is 0 Å². The van der Waals surface area contributed by atoms with Gasteiger partial charge in [0, 0.05) is 11.8 Å². The Labute approximate surface area is 154 Å². The number of rotatable bonds is 6. The predicted molar refractivity (Wildman–Crippen MR) is 98.1 cm³/mol. The first kappa shape index (κ1) is 18.2. The van der Waals surface area contributed by atoms with Crippen LogP contribution in [0.1, 0.15) is 15.9 Å². The Balaban J connectivity index is 1.89. The summed E-state index contributed by atoms with van der Waals surface area (Å²) in [6.07, 6.45) is 0.0919. The third kappa shape index (κ3) is 3.98. The molecule has 7 heteroatoms. The molecule has 1 heterocycles. The van der Waals surface area contributed by atoms with Crippen molar-refractivity contribution in [1.82, 2.24) is 5.32 Å². The van der Waals surface area contributed by atoms with Gasteiger partial charge in [-0.15, -0.1) is 0 Å². The topological polar surface area (TPSA) is 106 Å². The van der Waals surface area contributed by atoms with E-state index in [0.717, 1.165) is 5.56 Å². The second-order valence-corrected chi connectivity index (χ2v) is 5.88. The van der Waals surface area contributed by atoms with Gasteiger partial charge in [-0.3, -0.25) is 4.79 Å². The van der Waals surface area contributed by atoms with Crippen molar-refractivity contribution >= 4 is 22.8 Å². The van der Waals surface area contributed by atoms with Crippen LogP contribution in [-0.2, 0) is 11.2 Å². The molecule has 0 spiro atoms. The molecule has 3 aromatic rings. The minimum Gasteiger partial charge on any atom is -0.493 e. The predicted octanol–water partition coefficient (Wildman–Crippen LogP) is 2.23. The monoisotopic (exact) mass is 367 g/mol. The number of carbonyl (C=O) groups excluding carboxylic acids is 1. The Morgan fingerprint density at radius 1 is 1.15 bits per heavy atom. The summed E-state index contributed by atoms with van der Waals surface area (Å²) in [5.74, 6) is -1.64. The maximum atomic E-state index is 12.5. The van der Waals surface area contributed by atoms with E-state index >= 15 is 0 Å². The zero-order chi connectivity index (χ0) is 19.4. The Kier molecular flexibility index (Phi) is 5.21. The number of aliphatic carboxylic acids is 1. The first-order chi connectivity index (χ1) is 13.0. The molecule has 138 valence electrons. The van der Waals surface area contributed by atoms with E-state index in [4.69, 9.17) is 9.15 Å². The highest BCUT2D eigenvalue weighted by molar-refractivity contribution is 5.99. The highest BCUT2D eigenvalue weighted by Gasteiger charge is 2.23. The number of amides is 1. The standard InChI is InChI=1S/C20H17NO6/c1-26-16-9-5-8-13-11-14(20(25)27-17(13)16)18(22)21-15(19(23)24)10-12-6-3-2-4-7-12/h2-9,11,15H,10H2,1H3,(H,21,22)(H,23,24). The zero-order valence-electron chi connectivity index (χ0n) is 14.5. The molecule has 2 aromatic carbocycles. The Hall–Kier alpha value is -3.61. The lowest BCUT2D eigenvalue weighted by Crippen LogP contribution is -2.43. The third-order valence-electron chi connectivity index (χ3n) is 4.07. The number of ether oxygens (including phenoxy) is 1. The summed E-state index contributed by atoms with van der Waals surface area (Å²) in [5, 5.41) is 12.3. The van der Waals surface area contributed by atoms with Crippen LogP contribution in [0.25, 0.3) is 11.0 Å². The maximum Gasteiger partial charge on any atom is 0.349 e. The van der Waals surface area contributed by atoms with Gasteiger partial charge in [-0.1, -0.05) is 42.5 Å². The first-order valence-electron chi connectivity index (χ1n) is 8.18. The lowest BCUT2D eigenvalue weighted by Gasteiger charge is -2.14. The van der Waals surface area contributed by atoms with E-state index in [1.807, 2.05) is 6.07 Å². The number of fused-ring (bicyclic) bond motifs is 1. The van der Waals surface area contributed by atoms with E-state index < -0.39 is 23.5 Å². The van der Waals surface area contributed by atoms with Gasteiger partial charge < -0.3 is 19.6 Å². The summed E-state index contributed by atoms with van der Waals surface area (Å²) in [5.41, 5.74) is -0.162. The minimum absolute atomic E-state index is 0.0919. The number of benzene rings is 2. The van der Waals surface area contributed by atoms with Gasteiger partial charge in [-0.05, 0) is 17.7 Å². The Morgan fingerprint density at radius 2 is 1.89 bits per heavy atom. The molecule has 1 aromatic heterocycles. The van der Waals surface area contributed by atoms with E-state index in [9.17, 15) is 19.5 Å². The van der Waals surface area contributed by atoms with Crippen molar-refractivity contribution in [3.63, 3.8) is 0 Å². The summed E-state index contributed by atoms with van der Waals surface area (Å²) in [6.45, 7) is 0. The number of methoxy groups -OCH3 is 1. The van der Waals surface area contributed by atoms with E-state index in [-0.39, 0.29) is 17.6 Å². The van der Waals surface area contributed by atoms with E-state index in [2.05, 4.69) is 5.32 Å². The lowest BCUT2D eigenvalue weighted by molar-refractivity contribution is -0.139. The fraction of sp³-hybridized carbons (Fsp3) is 0.150. The van der Waals surface area contributed by atoms with Crippen molar-refractivity contribution in [2.24, 2.45) is 0 Å². The third-order valence-corrected chi connectivity index (χ3v) is 4.07. The number of hydrogen-bond acceptors (Lipinski definition) is 5. The second kappa shape index (κ2) is 7.74. The molecule has 0 saturated carbocycles. The maximum absolute atomic E-state index is 12.5. The summed E-state index contributed by atoms with van der Waals surface area (Å²) in [7, 11) is 1.44. The normalized spacial score (nSPS) is 11.7. The van der Waals surface area contributed by atoms with Crippen LogP contribution in [0.15, 0.2) is 63.8 Å². The molecule has 7 nitrogen and oxygen atoms in total. The van der Waals surface area contributed by atoms with Gasteiger partial charge in [0.1, 0.15) is 11.6 Å². The molecule has 0 radical (unpaired) electrons. The Bertz CT molecular complexity index is 1040. The van der Waals surface area contributed by atoms with Gasteiger partial charge in [-0.25, -0.2) is 9.59 Å². The largest absolute Gasteiger partial charge is 0.493 e. The summed E-state index contributed by atoms with van der Waals surface area (Å²) in [4.78, 5) is 36.2. The molecule has 1 amide bonds. The van der Waals surface area contributed by atoms with Crippen molar-refractivity contribution in [3.05, 3.63) is 76.1 Å². The number of carboxylic acids is 1. The van der Waals surface area contributed by atoms with Crippen LogP contribution in [0.2, 0.25) is 0 Å². The van der Waals surface area contributed by atoms with Crippen LogP contribution >= 0.6 is 0 Å². The van der Waals surface area contributed by atoms with Crippen LogP contribution in [0, 0.1) is 0 Å². The fourth-order valence-electron chi connectivity index (χ4n) is 2.72. The minimum atomic E-state index is -1.20. The molecule has 0 bridgehead atoms. The van der Waals surface area contributed by atoms with Gasteiger partial charge >= 0.3 is 11.6 Å². The van der Waals surface area contributed by atoms with Crippen molar-refractivity contribution in [3.8, 4) is 5.75 Å². The molecule has 0 fully saturated rings. The van der Waals surface area contributed by atoms with Crippen LogP contribution in [0.5, 0.6) is 5.75 Å². The van der Waals surface area contributed by atoms with E-state index in [1.165, 1.54) is 13.2 Å². The van der Waals surface area contributed by atoms with Gasteiger partial charge in [0.25, 0.3) is 5.91 Å². The molecule has 0 saturated heterocycles. The number of carbonyl (C=O) groups is 2. The molecule has 0 aliphatic carbocycles. The van der Waals surface area contributed by atoms with Gasteiger partial charge in [-0.2, -0.15) is 0 Å². The number of para-hydroxylation sites is 1. The molecular weight excluding hydrogens is 350 g/mol.